The van der Waals surface area contributed by atoms with Gasteiger partial charge < -0.3 is 15.8 Å². The van der Waals surface area contributed by atoms with Crippen molar-refractivity contribution in [2.75, 3.05) is 12.4 Å². The summed E-state index contributed by atoms with van der Waals surface area (Å²) in [5.41, 5.74) is 6.02. The number of nitrogens with zero attached hydrogens (tertiary/aromatic N) is 1. The number of methoxy groups -OCH3 is 1. The molecule has 20 heavy (non-hydrogen) atoms. The average Bonchev–Trinajstić information content (AvgIpc) is 2.86. The number of aromatic nitrogens is 2. The van der Waals surface area contributed by atoms with Crippen LogP contribution in [0, 0.1) is 5.82 Å². The number of thiocarbonyl (C=S) groups is 1. The number of H-pyrrole nitrogens is 1. The summed E-state index contributed by atoms with van der Waals surface area (Å²) in [5, 5.41) is 8.81. The van der Waals surface area contributed by atoms with Crippen molar-refractivity contribution in [3.05, 3.63) is 41.3 Å². The molecule has 0 bridgehead atoms. The monoisotopic (exact) mass is 294 g/mol. The van der Waals surface area contributed by atoms with Crippen LogP contribution in [0.25, 0.3) is 0 Å². The summed E-state index contributed by atoms with van der Waals surface area (Å²) in [6, 6.07) is 3.88. The zero-order valence-corrected chi connectivity index (χ0v) is 11.3. The van der Waals surface area contributed by atoms with Crippen molar-refractivity contribution in [1.82, 2.24) is 10.2 Å². The number of nitrogens with one attached hydrogen (secondary N) is 2. The van der Waals surface area contributed by atoms with E-state index in [0.717, 1.165) is 6.07 Å². The van der Waals surface area contributed by atoms with Crippen molar-refractivity contribution in [1.29, 1.82) is 0 Å². The van der Waals surface area contributed by atoms with Crippen molar-refractivity contribution in [2.45, 2.75) is 0 Å². The standard InChI is InChI=1S/C12H11FN4O2S/c1-19-9-3-2-6(4-8(9)13)12(18)16-11-7(10(14)20)5-15-17-11/h2-5H,1H3,(H2,14,20)(H2,15,16,17,18). The Morgan fingerprint density at radius 1 is 1.55 bits per heavy atom. The Morgan fingerprint density at radius 2 is 2.30 bits per heavy atom. The zero-order valence-electron chi connectivity index (χ0n) is 10.4. The smallest absolute Gasteiger partial charge is 0.256 e. The Hall–Kier alpha value is -2.48. The second-order valence-electron chi connectivity index (χ2n) is 3.83. The molecule has 2 aromatic rings. The summed E-state index contributed by atoms with van der Waals surface area (Å²) in [7, 11) is 1.34. The molecule has 104 valence electrons. The topological polar surface area (TPSA) is 93.0 Å². The Kier molecular flexibility index (Phi) is 3.94. The Balaban J connectivity index is 2.22. The molecule has 0 aliphatic heterocycles. The molecule has 0 radical (unpaired) electrons. The molecule has 8 heteroatoms. The molecular weight excluding hydrogens is 283 g/mol. The van der Waals surface area contributed by atoms with Gasteiger partial charge in [0.25, 0.3) is 5.91 Å². The van der Waals surface area contributed by atoms with Crippen molar-refractivity contribution >= 4 is 28.9 Å². The van der Waals surface area contributed by atoms with Crippen LogP contribution in [-0.2, 0) is 0 Å². The molecule has 1 amide bonds. The molecule has 6 nitrogen and oxygen atoms in total. The maximum atomic E-state index is 13.5. The number of halogens is 1. The van der Waals surface area contributed by atoms with Crippen molar-refractivity contribution < 1.29 is 13.9 Å². The second kappa shape index (κ2) is 5.66. The SMILES string of the molecule is COc1ccc(C(=O)Nc2[nH]ncc2C(N)=S)cc1F. The highest BCUT2D eigenvalue weighted by atomic mass is 32.1. The number of carbonyl (C=O) groups excluding carboxylic acids is 1. The average molecular weight is 294 g/mol. The number of carbonyl (C=O) groups is 1. The summed E-state index contributed by atoms with van der Waals surface area (Å²) < 4.78 is 18.3. The summed E-state index contributed by atoms with van der Waals surface area (Å²) in [5.74, 6) is -0.821. The molecule has 0 aliphatic rings. The molecule has 4 N–H and O–H groups in total. The number of aromatic amines is 1. The highest BCUT2D eigenvalue weighted by molar-refractivity contribution is 7.80. The van der Waals surface area contributed by atoms with Gasteiger partial charge in [0.2, 0.25) is 0 Å². The lowest BCUT2D eigenvalue weighted by atomic mass is 10.2. The van der Waals surface area contributed by atoms with Crippen LogP contribution in [0.1, 0.15) is 15.9 Å². The third kappa shape index (κ3) is 2.75. The van der Waals surface area contributed by atoms with E-state index in [1.54, 1.807) is 0 Å². The van der Waals surface area contributed by atoms with E-state index in [2.05, 4.69) is 15.5 Å². The molecule has 2 rings (SSSR count). The number of anilines is 1. The number of nitrogens with two attached hydrogens (primary N) is 1. The van der Waals surface area contributed by atoms with Crippen LogP contribution < -0.4 is 15.8 Å². The highest BCUT2D eigenvalue weighted by Crippen LogP contribution is 2.19. The fraction of sp³-hybridized carbons (Fsp3) is 0.0833. The predicted octanol–water partition coefficient (Wildman–Crippen LogP) is 1.44. The molecule has 0 fully saturated rings. The number of rotatable bonds is 4. The first-order valence-electron chi connectivity index (χ1n) is 5.51. The van der Waals surface area contributed by atoms with Gasteiger partial charge in [0.1, 0.15) is 10.8 Å². The number of hydrogen-bond donors (Lipinski definition) is 3. The lowest BCUT2D eigenvalue weighted by Gasteiger charge is -2.06. The van der Waals surface area contributed by atoms with Crippen LogP contribution in [0.4, 0.5) is 10.2 Å². The highest BCUT2D eigenvalue weighted by Gasteiger charge is 2.14. The van der Waals surface area contributed by atoms with E-state index >= 15 is 0 Å². The van der Waals surface area contributed by atoms with Gasteiger partial charge in [-0.2, -0.15) is 5.10 Å². The van der Waals surface area contributed by atoms with E-state index < -0.39 is 11.7 Å². The minimum absolute atomic E-state index is 0.0620. The summed E-state index contributed by atoms with van der Waals surface area (Å²) in [4.78, 5) is 12.1. The largest absolute Gasteiger partial charge is 0.494 e. The normalized spacial score (nSPS) is 10.1. The van der Waals surface area contributed by atoms with Gasteiger partial charge in [0, 0.05) is 5.56 Å². The van der Waals surface area contributed by atoms with Gasteiger partial charge in [-0.15, -0.1) is 0 Å². The fourth-order valence-electron chi connectivity index (χ4n) is 1.56. The first kappa shape index (κ1) is 13.9. The molecule has 0 unspecified atom stereocenters. The van der Waals surface area contributed by atoms with Crippen molar-refractivity contribution in [3.63, 3.8) is 0 Å². The lowest BCUT2D eigenvalue weighted by molar-refractivity contribution is 0.102. The minimum atomic E-state index is -0.626. The minimum Gasteiger partial charge on any atom is -0.494 e. The molecule has 0 aliphatic carbocycles. The van der Waals surface area contributed by atoms with E-state index in [-0.39, 0.29) is 22.1 Å². The number of ether oxygens (including phenoxy) is 1. The van der Waals surface area contributed by atoms with Gasteiger partial charge in [-0.25, -0.2) is 4.39 Å². The molecule has 0 saturated heterocycles. The van der Waals surface area contributed by atoms with Gasteiger partial charge in [0.15, 0.2) is 11.6 Å². The number of hydrogen-bond acceptors (Lipinski definition) is 4. The van der Waals surface area contributed by atoms with Crippen molar-refractivity contribution in [3.8, 4) is 5.75 Å². The van der Waals surface area contributed by atoms with E-state index in [9.17, 15) is 9.18 Å². The lowest BCUT2D eigenvalue weighted by Crippen LogP contribution is -2.17. The maximum Gasteiger partial charge on any atom is 0.256 e. The Morgan fingerprint density at radius 3 is 2.90 bits per heavy atom. The van der Waals surface area contributed by atoms with E-state index in [1.807, 2.05) is 0 Å². The fourth-order valence-corrected chi connectivity index (χ4v) is 1.72. The molecule has 1 aromatic heterocycles. The van der Waals surface area contributed by atoms with Crippen LogP contribution >= 0.6 is 12.2 Å². The molecule has 1 heterocycles. The first-order chi connectivity index (χ1) is 9.52. The Labute approximate surface area is 119 Å². The third-order valence-electron chi connectivity index (χ3n) is 2.56. The van der Waals surface area contributed by atoms with E-state index in [0.29, 0.717) is 5.56 Å². The van der Waals surface area contributed by atoms with Gasteiger partial charge in [-0.05, 0) is 18.2 Å². The first-order valence-corrected chi connectivity index (χ1v) is 5.92. The summed E-state index contributed by atoms with van der Waals surface area (Å²) in [6.07, 6.45) is 1.40. The number of amides is 1. The predicted molar refractivity (Wildman–Crippen MR) is 75.4 cm³/mol. The molecule has 0 saturated carbocycles. The van der Waals surface area contributed by atoms with E-state index in [1.165, 1.54) is 25.4 Å². The van der Waals surface area contributed by atoms with Crippen LogP contribution in [0.15, 0.2) is 24.4 Å². The molecular formula is C12H11FN4O2S. The Bertz CT molecular complexity index is 671. The number of benzene rings is 1. The summed E-state index contributed by atoms with van der Waals surface area (Å²) in [6.45, 7) is 0. The summed E-state index contributed by atoms with van der Waals surface area (Å²) >= 11 is 4.82. The van der Waals surface area contributed by atoms with Gasteiger partial charge in [-0.3, -0.25) is 9.89 Å². The van der Waals surface area contributed by atoms with Crippen LogP contribution in [0.5, 0.6) is 5.75 Å². The van der Waals surface area contributed by atoms with Gasteiger partial charge >= 0.3 is 0 Å². The van der Waals surface area contributed by atoms with Crippen LogP contribution in [0.3, 0.4) is 0 Å². The van der Waals surface area contributed by atoms with E-state index in [4.69, 9.17) is 22.7 Å². The molecule has 1 aromatic carbocycles. The quantitative estimate of drug-likeness (QED) is 0.742. The van der Waals surface area contributed by atoms with Crippen LogP contribution in [-0.4, -0.2) is 28.2 Å². The maximum absolute atomic E-state index is 13.5. The third-order valence-corrected chi connectivity index (χ3v) is 2.78. The molecule has 0 spiro atoms. The second-order valence-corrected chi connectivity index (χ2v) is 4.27. The van der Waals surface area contributed by atoms with Crippen LogP contribution in [0.2, 0.25) is 0 Å². The molecule has 0 atom stereocenters. The van der Waals surface area contributed by atoms with Crippen molar-refractivity contribution in [2.24, 2.45) is 5.73 Å². The van der Waals surface area contributed by atoms with Gasteiger partial charge in [0.05, 0.1) is 18.9 Å². The zero-order chi connectivity index (χ0) is 14.7. The van der Waals surface area contributed by atoms with Gasteiger partial charge in [-0.1, -0.05) is 12.2 Å².